The zero-order valence-corrected chi connectivity index (χ0v) is 13.7. The zero-order valence-electron chi connectivity index (χ0n) is 13.0. The molecule has 1 saturated heterocycles. The zero-order chi connectivity index (χ0) is 16.2. The van der Waals surface area contributed by atoms with E-state index < -0.39 is 5.82 Å². The standard InChI is InChI=1S/C17H21ClFNO3/c18-14-9-12(5-6-15(14)19)16-10-20(7-8-22-16)17(21)11-23-13-3-1-2-4-13/h5-6,9,13,16H,1-4,7-8,10-11H2/t16-/m1/s1. The molecule has 1 aromatic carbocycles. The molecule has 1 amide bonds. The van der Waals surface area contributed by atoms with Crippen LogP contribution in [0.15, 0.2) is 18.2 Å². The molecule has 0 unspecified atom stereocenters. The van der Waals surface area contributed by atoms with Crippen LogP contribution in [-0.4, -0.2) is 43.2 Å². The normalized spacial score (nSPS) is 22.5. The van der Waals surface area contributed by atoms with E-state index in [1.165, 1.54) is 18.9 Å². The van der Waals surface area contributed by atoms with Gasteiger partial charge in [-0.05, 0) is 30.5 Å². The summed E-state index contributed by atoms with van der Waals surface area (Å²) >= 11 is 5.82. The number of rotatable bonds is 4. The second-order valence-electron chi connectivity index (χ2n) is 6.09. The van der Waals surface area contributed by atoms with E-state index in [1.54, 1.807) is 17.0 Å². The molecule has 126 valence electrons. The second-order valence-corrected chi connectivity index (χ2v) is 6.50. The SMILES string of the molecule is O=C(COC1CCCC1)N1CCO[C@@H](c2ccc(F)c(Cl)c2)C1. The lowest BCUT2D eigenvalue weighted by molar-refractivity contribution is -0.145. The first kappa shape index (κ1) is 16.7. The molecule has 0 aromatic heterocycles. The van der Waals surface area contributed by atoms with Crippen LogP contribution in [0.25, 0.3) is 0 Å². The number of benzene rings is 1. The molecule has 0 N–H and O–H groups in total. The highest BCUT2D eigenvalue weighted by molar-refractivity contribution is 6.30. The third-order valence-corrected chi connectivity index (χ3v) is 4.77. The maximum atomic E-state index is 13.3. The Morgan fingerprint density at radius 1 is 1.39 bits per heavy atom. The van der Waals surface area contributed by atoms with Crippen LogP contribution in [0.5, 0.6) is 0 Å². The third-order valence-electron chi connectivity index (χ3n) is 4.48. The van der Waals surface area contributed by atoms with Crippen molar-refractivity contribution in [2.45, 2.75) is 37.9 Å². The summed E-state index contributed by atoms with van der Waals surface area (Å²) in [6, 6.07) is 4.53. The predicted molar refractivity (Wildman–Crippen MR) is 84.9 cm³/mol. The van der Waals surface area contributed by atoms with Gasteiger partial charge >= 0.3 is 0 Å². The van der Waals surface area contributed by atoms with Gasteiger partial charge < -0.3 is 14.4 Å². The minimum Gasteiger partial charge on any atom is -0.370 e. The lowest BCUT2D eigenvalue weighted by atomic mass is 10.1. The fourth-order valence-corrected chi connectivity index (χ4v) is 3.31. The maximum absolute atomic E-state index is 13.3. The summed E-state index contributed by atoms with van der Waals surface area (Å²) in [5.74, 6) is -0.470. The van der Waals surface area contributed by atoms with E-state index in [4.69, 9.17) is 21.1 Å². The van der Waals surface area contributed by atoms with Crippen LogP contribution in [0.1, 0.15) is 37.4 Å². The molecule has 6 heteroatoms. The minimum atomic E-state index is -0.455. The monoisotopic (exact) mass is 341 g/mol. The molecule has 1 aliphatic heterocycles. The average Bonchev–Trinajstić information content (AvgIpc) is 3.09. The van der Waals surface area contributed by atoms with Gasteiger partial charge in [0.25, 0.3) is 0 Å². The second kappa shape index (κ2) is 7.60. The lowest BCUT2D eigenvalue weighted by Crippen LogP contribution is -2.44. The largest absolute Gasteiger partial charge is 0.370 e. The van der Waals surface area contributed by atoms with Crippen molar-refractivity contribution in [3.8, 4) is 0 Å². The van der Waals surface area contributed by atoms with Gasteiger partial charge in [0.2, 0.25) is 5.91 Å². The molecular formula is C17H21ClFNO3. The summed E-state index contributed by atoms with van der Waals surface area (Å²) in [5.41, 5.74) is 0.783. The Morgan fingerprint density at radius 3 is 2.91 bits per heavy atom. The van der Waals surface area contributed by atoms with Crippen LogP contribution >= 0.6 is 11.6 Å². The van der Waals surface area contributed by atoms with Crippen molar-refractivity contribution in [2.24, 2.45) is 0 Å². The first-order chi connectivity index (χ1) is 11.1. The predicted octanol–water partition coefficient (Wildman–Crippen LogP) is 3.34. The van der Waals surface area contributed by atoms with Crippen molar-refractivity contribution < 1.29 is 18.7 Å². The molecule has 4 nitrogen and oxygen atoms in total. The number of ether oxygens (including phenoxy) is 2. The van der Waals surface area contributed by atoms with Gasteiger partial charge in [0.1, 0.15) is 18.5 Å². The number of morpholine rings is 1. The highest BCUT2D eigenvalue weighted by atomic mass is 35.5. The number of hydrogen-bond donors (Lipinski definition) is 0. The summed E-state index contributed by atoms with van der Waals surface area (Å²) in [6.07, 6.45) is 4.41. The molecule has 0 spiro atoms. The summed E-state index contributed by atoms with van der Waals surface area (Å²) in [5, 5.41) is 0.0686. The molecule has 1 aliphatic carbocycles. The van der Waals surface area contributed by atoms with Gasteiger partial charge in [0.05, 0.1) is 24.3 Å². The summed E-state index contributed by atoms with van der Waals surface area (Å²) in [6.45, 7) is 1.57. The molecule has 2 aliphatic rings. The molecule has 23 heavy (non-hydrogen) atoms. The molecule has 1 atom stereocenters. The molecule has 3 rings (SSSR count). The van der Waals surface area contributed by atoms with Crippen molar-refractivity contribution in [2.75, 3.05) is 26.3 Å². The number of carbonyl (C=O) groups excluding carboxylic acids is 1. The summed E-state index contributed by atoms with van der Waals surface area (Å²) in [4.78, 5) is 14.1. The number of carbonyl (C=O) groups is 1. The van der Waals surface area contributed by atoms with Crippen LogP contribution in [0.3, 0.4) is 0 Å². The first-order valence-electron chi connectivity index (χ1n) is 8.09. The Hall–Kier alpha value is -1.17. The molecule has 2 fully saturated rings. The van der Waals surface area contributed by atoms with E-state index in [1.807, 2.05) is 0 Å². The van der Waals surface area contributed by atoms with E-state index in [0.717, 1.165) is 18.4 Å². The topological polar surface area (TPSA) is 38.8 Å². The van der Waals surface area contributed by atoms with E-state index in [9.17, 15) is 9.18 Å². The molecule has 0 radical (unpaired) electrons. The van der Waals surface area contributed by atoms with Crippen LogP contribution in [0.2, 0.25) is 5.02 Å². The van der Waals surface area contributed by atoms with Gasteiger partial charge in [0, 0.05) is 6.54 Å². The highest BCUT2D eigenvalue weighted by Gasteiger charge is 2.27. The molecule has 0 bridgehead atoms. The summed E-state index contributed by atoms with van der Waals surface area (Å²) < 4.78 is 24.7. The number of nitrogens with zero attached hydrogens (tertiary/aromatic N) is 1. The average molecular weight is 342 g/mol. The van der Waals surface area contributed by atoms with E-state index in [-0.39, 0.29) is 29.7 Å². The van der Waals surface area contributed by atoms with Crippen molar-refractivity contribution in [3.63, 3.8) is 0 Å². The van der Waals surface area contributed by atoms with Crippen molar-refractivity contribution in [1.82, 2.24) is 4.90 Å². The van der Waals surface area contributed by atoms with Gasteiger partial charge in [-0.15, -0.1) is 0 Å². The van der Waals surface area contributed by atoms with Gasteiger partial charge in [-0.1, -0.05) is 30.5 Å². The Balaban J connectivity index is 1.56. The van der Waals surface area contributed by atoms with E-state index in [0.29, 0.717) is 19.7 Å². The molecule has 1 aromatic rings. The fourth-order valence-electron chi connectivity index (χ4n) is 3.13. The highest BCUT2D eigenvalue weighted by Crippen LogP contribution is 2.26. The van der Waals surface area contributed by atoms with Gasteiger partial charge in [-0.3, -0.25) is 4.79 Å². The van der Waals surface area contributed by atoms with Gasteiger partial charge in [0.15, 0.2) is 0 Å². The number of amides is 1. The number of halogens is 2. The Kier molecular flexibility index (Phi) is 5.51. The first-order valence-corrected chi connectivity index (χ1v) is 8.47. The van der Waals surface area contributed by atoms with Crippen LogP contribution in [0.4, 0.5) is 4.39 Å². The van der Waals surface area contributed by atoms with Crippen molar-refractivity contribution in [3.05, 3.63) is 34.6 Å². The minimum absolute atomic E-state index is 0.0154. The fraction of sp³-hybridized carbons (Fsp3) is 0.588. The van der Waals surface area contributed by atoms with Crippen LogP contribution < -0.4 is 0 Å². The third kappa shape index (κ3) is 4.22. The lowest BCUT2D eigenvalue weighted by Gasteiger charge is -2.33. The van der Waals surface area contributed by atoms with Crippen LogP contribution in [0, 0.1) is 5.82 Å². The van der Waals surface area contributed by atoms with Crippen molar-refractivity contribution in [1.29, 1.82) is 0 Å². The van der Waals surface area contributed by atoms with Gasteiger partial charge in [-0.2, -0.15) is 0 Å². The Labute approximate surface area is 140 Å². The molecule has 1 heterocycles. The molecular weight excluding hydrogens is 321 g/mol. The van der Waals surface area contributed by atoms with E-state index >= 15 is 0 Å². The van der Waals surface area contributed by atoms with Gasteiger partial charge in [-0.25, -0.2) is 4.39 Å². The van der Waals surface area contributed by atoms with Crippen molar-refractivity contribution >= 4 is 17.5 Å². The molecule has 1 saturated carbocycles. The summed E-state index contributed by atoms with van der Waals surface area (Å²) in [7, 11) is 0. The van der Waals surface area contributed by atoms with E-state index in [2.05, 4.69) is 0 Å². The quantitative estimate of drug-likeness (QED) is 0.843. The smallest absolute Gasteiger partial charge is 0.248 e. The maximum Gasteiger partial charge on any atom is 0.248 e. The number of hydrogen-bond acceptors (Lipinski definition) is 3. The Bertz CT molecular complexity index is 563. The Morgan fingerprint density at radius 2 is 2.17 bits per heavy atom. The van der Waals surface area contributed by atoms with Crippen LogP contribution in [-0.2, 0) is 14.3 Å².